The van der Waals surface area contributed by atoms with Crippen LogP contribution >= 0.6 is 12.4 Å². The molecule has 3 aromatic rings. The van der Waals surface area contributed by atoms with Gasteiger partial charge in [-0.15, -0.1) is 12.4 Å². The van der Waals surface area contributed by atoms with Gasteiger partial charge >= 0.3 is 0 Å². The van der Waals surface area contributed by atoms with E-state index in [9.17, 15) is 4.39 Å². The Morgan fingerprint density at radius 1 is 1.06 bits per heavy atom. The van der Waals surface area contributed by atoms with Crippen LogP contribution in [0, 0.1) is 5.82 Å². The highest BCUT2D eigenvalue weighted by molar-refractivity contribution is 5.85. The number of halogens is 2. The highest BCUT2D eigenvalue weighted by Gasteiger charge is 2.16. The monoisotopic (exact) mass is 472 g/mol. The van der Waals surface area contributed by atoms with Crippen LogP contribution in [0.2, 0.25) is 0 Å². The van der Waals surface area contributed by atoms with E-state index in [0.717, 1.165) is 43.8 Å². The van der Waals surface area contributed by atoms with Crippen molar-refractivity contribution < 1.29 is 9.13 Å². The van der Waals surface area contributed by atoms with Crippen LogP contribution in [-0.2, 0) is 0 Å². The molecule has 0 aliphatic carbocycles. The molecule has 0 spiro atoms. The Labute approximate surface area is 197 Å². The molecule has 2 aliphatic heterocycles. The summed E-state index contributed by atoms with van der Waals surface area (Å²) in [5, 5.41) is 9.27. The normalized spacial score (nSPS) is 15.5. The Balaban J connectivity index is 0.00000259. The van der Waals surface area contributed by atoms with E-state index in [4.69, 9.17) is 4.74 Å². The number of piperazine rings is 1. The molecular formula is C22H26ClFN8O. The number of hydrogen-bond acceptors (Lipinski definition) is 9. The number of likely N-dealkylation sites (N-methyl/N-ethyl adjacent to an activating group) is 1. The second kappa shape index (κ2) is 10.1. The second-order valence-corrected chi connectivity index (χ2v) is 7.80. The van der Waals surface area contributed by atoms with Gasteiger partial charge in [0.2, 0.25) is 5.95 Å². The average molecular weight is 473 g/mol. The molecule has 174 valence electrons. The Bertz CT molecular complexity index is 1110. The summed E-state index contributed by atoms with van der Waals surface area (Å²) in [6.07, 6.45) is 1.14. The number of benzene rings is 1. The van der Waals surface area contributed by atoms with Crippen molar-refractivity contribution in [3.8, 4) is 5.75 Å². The van der Waals surface area contributed by atoms with Gasteiger partial charge in [-0.3, -0.25) is 0 Å². The third-order valence-corrected chi connectivity index (χ3v) is 5.47. The maximum Gasteiger partial charge on any atom is 0.229 e. The molecule has 2 aliphatic rings. The number of rotatable bonds is 5. The molecule has 0 unspecified atom stereocenters. The number of hydrogen-bond donors (Lipinski definition) is 3. The minimum absolute atomic E-state index is 0. The standard InChI is InChI=1S/C22H25FN8O.ClH/c1-30-8-10-31(11-9-30)16-4-2-3-15(13-16)26-22-25-14-17(23)20(29-22)27-19-6-5-18-21(28-19)24-7-12-32-18;/h2-6,13-14H,7-12H2,1H3,(H3,24,25,26,27,28,29);1H. The van der Waals surface area contributed by atoms with Gasteiger partial charge in [-0.05, 0) is 37.4 Å². The zero-order valence-corrected chi connectivity index (χ0v) is 19.0. The van der Waals surface area contributed by atoms with Crippen molar-refractivity contribution in [2.24, 2.45) is 0 Å². The van der Waals surface area contributed by atoms with E-state index < -0.39 is 5.82 Å². The van der Waals surface area contributed by atoms with Gasteiger partial charge < -0.3 is 30.5 Å². The molecule has 11 heteroatoms. The fourth-order valence-corrected chi connectivity index (χ4v) is 3.70. The molecule has 0 saturated carbocycles. The van der Waals surface area contributed by atoms with Crippen molar-refractivity contribution in [2.75, 3.05) is 67.2 Å². The zero-order chi connectivity index (χ0) is 21.9. The Morgan fingerprint density at radius 3 is 2.76 bits per heavy atom. The van der Waals surface area contributed by atoms with E-state index in [1.54, 1.807) is 12.1 Å². The van der Waals surface area contributed by atoms with Gasteiger partial charge in [0.05, 0.1) is 12.7 Å². The molecule has 9 nitrogen and oxygen atoms in total. The molecule has 1 saturated heterocycles. The molecule has 0 amide bonds. The first-order valence-corrected chi connectivity index (χ1v) is 10.6. The maximum atomic E-state index is 14.4. The number of fused-ring (bicyclic) bond motifs is 1. The fraction of sp³-hybridized carbons (Fsp3) is 0.318. The molecule has 0 atom stereocenters. The van der Waals surface area contributed by atoms with Crippen LogP contribution in [0.25, 0.3) is 0 Å². The fourth-order valence-electron chi connectivity index (χ4n) is 3.70. The highest BCUT2D eigenvalue weighted by Crippen LogP contribution is 2.28. The lowest BCUT2D eigenvalue weighted by Crippen LogP contribution is -2.44. The second-order valence-electron chi connectivity index (χ2n) is 7.80. The number of nitrogens with one attached hydrogen (secondary N) is 3. The Hall–Kier alpha value is -3.37. The van der Waals surface area contributed by atoms with Crippen LogP contribution in [0.15, 0.2) is 42.6 Å². The summed E-state index contributed by atoms with van der Waals surface area (Å²) >= 11 is 0. The van der Waals surface area contributed by atoms with Gasteiger partial charge in [0, 0.05) is 37.6 Å². The van der Waals surface area contributed by atoms with Crippen molar-refractivity contribution in [3.63, 3.8) is 0 Å². The highest BCUT2D eigenvalue weighted by atomic mass is 35.5. The van der Waals surface area contributed by atoms with Gasteiger partial charge in [-0.25, -0.2) is 14.4 Å². The van der Waals surface area contributed by atoms with E-state index in [1.165, 1.54) is 0 Å². The van der Waals surface area contributed by atoms with E-state index in [-0.39, 0.29) is 18.2 Å². The molecule has 0 radical (unpaired) electrons. The van der Waals surface area contributed by atoms with Crippen molar-refractivity contribution in [1.29, 1.82) is 0 Å². The Morgan fingerprint density at radius 2 is 1.91 bits per heavy atom. The number of pyridine rings is 1. The summed E-state index contributed by atoms with van der Waals surface area (Å²) in [6, 6.07) is 11.6. The van der Waals surface area contributed by atoms with Gasteiger partial charge in [-0.2, -0.15) is 4.98 Å². The summed E-state index contributed by atoms with van der Waals surface area (Å²) in [5.74, 6) is 1.53. The minimum atomic E-state index is -0.564. The molecule has 0 bridgehead atoms. The van der Waals surface area contributed by atoms with Crippen LogP contribution in [-0.4, -0.2) is 66.2 Å². The van der Waals surface area contributed by atoms with Crippen LogP contribution in [0.5, 0.6) is 5.75 Å². The summed E-state index contributed by atoms with van der Waals surface area (Å²) in [4.78, 5) is 17.5. The lowest BCUT2D eigenvalue weighted by atomic mass is 10.2. The lowest BCUT2D eigenvalue weighted by molar-refractivity contribution is 0.313. The Kier molecular flexibility index (Phi) is 6.95. The van der Waals surface area contributed by atoms with Gasteiger partial charge in [-0.1, -0.05) is 6.07 Å². The van der Waals surface area contributed by atoms with Crippen molar-refractivity contribution >= 4 is 47.2 Å². The summed E-state index contributed by atoms with van der Waals surface area (Å²) in [7, 11) is 2.14. The van der Waals surface area contributed by atoms with E-state index in [1.807, 2.05) is 12.1 Å². The van der Waals surface area contributed by atoms with Crippen molar-refractivity contribution in [1.82, 2.24) is 19.9 Å². The number of nitrogens with zero attached hydrogens (tertiary/aromatic N) is 5. The zero-order valence-electron chi connectivity index (χ0n) is 18.2. The molecule has 2 aromatic heterocycles. The van der Waals surface area contributed by atoms with E-state index in [0.29, 0.717) is 36.5 Å². The third kappa shape index (κ3) is 5.35. The maximum absolute atomic E-state index is 14.4. The summed E-state index contributed by atoms with van der Waals surface area (Å²) < 4.78 is 19.9. The smallest absolute Gasteiger partial charge is 0.229 e. The largest absolute Gasteiger partial charge is 0.488 e. The number of aromatic nitrogens is 3. The predicted molar refractivity (Wildman–Crippen MR) is 130 cm³/mol. The molecule has 33 heavy (non-hydrogen) atoms. The molecule has 3 N–H and O–H groups in total. The molecule has 4 heterocycles. The molecular weight excluding hydrogens is 447 g/mol. The van der Waals surface area contributed by atoms with Crippen LogP contribution in [0.1, 0.15) is 0 Å². The van der Waals surface area contributed by atoms with Gasteiger partial charge in [0.15, 0.2) is 23.2 Å². The predicted octanol–water partition coefficient (Wildman–Crippen LogP) is 3.48. The minimum Gasteiger partial charge on any atom is -0.488 e. The first kappa shape index (κ1) is 22.8. The molecule has 1 aromatic carbocycles. The average Bonchev–Trinajstić information content (AvgIpc) is 2.82. The van der Waals surface area contributed by atoms with Gasteiger partial charge in [0.1, 0.15) is 12.4 Å². The quantitative estimate of drug-likeness (QED) is 0.516. The van der Waals surface area contributed by atoms with Crippen LogP contribution in [0.4, 0.5) is 39.2 Å². The van der Waals surface area contributed by atoms with Crippen LogP contribution in [0.3, 0.4) is 0 Å². The molecule has 5 rings (SSSR count). The summed E-state index contributed by atoms with van der Waals surface area (Å²) in [6.45, 7) is 5.29. The van der Waals surface area contributed by atoms with E-state index >= 15 is 0 Å². The molecule has 1 fully saturated rings. The van der Waals surface area contributed by atoms with Crippen LogP contribution < -0.4 is 25.6 Å². The van der Waals surface area contributed by atoms with Crippen molar-refractivity contribution in [3.05, 3.63) is 48.4 Å². The van der Waals surface area contributed by atoms with E-state index in [2.05, 4.69) is 59.9 Å². The summed E-state index contributed by atoms with van der Waals surface area (Å²) in [5.41, 5.74) is 1.98. The first-order chi connectivity index (χ1) is 15.6. The van der Waals surface area contributed by atoms with Crippen molar-refractivity contribution in [2.45, 2.75) is 0 Å². The topological polar surface area (TPSA) is 90.5 Å². The first-order valence-electron chi connectivity index (χ1n) is 10.6. The third-order valence-electron chi connectivity index (χ3n) is 5.47. The number of anilines is 6. The van der Waals surface area contributed by atoms with Gasteiger partial charge in [0.25, 0.3) is 0 Å². The lowest BCUT2D eigenvalue weighted by Gasteiger charge is -2.34. The SMILES string of the molecule is CN1CCN(c2cccc(Nc3ncc(F)c(Nc4ccc5c(n4)NCCO5)n3)c2)CC1.Cl. The number of ether oxygens (including phenoxy) is 1.